The van der Waals surface area contributed by atoms with Crippen molar-refractivity contribution in [1.29, 1.82) is 0 Å². The highest BCUT2D eigenvalue weighted by Crippen LogP contribution is 2.20. The number of esters is 1. The van der Waals surface area contributed by atoms with Gasteiger partial charge in [0, 0.05) is 0 Å². The monoisotopic (exact) mass is 208 g/mol. The van der Waals surface area contributed by atoms with Gasteiger partial charge in [0.1, 0.15) is 5.75 Å². The Morgan fingerprint density at radius 2 is 2.00 bits per heavy atom. The molecular weight excluding hydrogens is 192 g/mol. The minimum atomic E-state index is -0.573. The lowest BCUT2D eigenvalue weighted by molar-refractivity contribution is -0.147. The van der Waals surface area contributed by atoms with Crippen molar-refractivity contribution in [2.75, 3.05) is 7.11 Å². The zero-order chi connectivity index (χ0) is 11.4. The van der Waals surface area contributed by atoms with Gasteiger partial charge < -0.3 is 9.47 Å². The van der Waals surface area contributed by atoms with Crippen molar-refractivity contribution in [3.63, 3.8) is 0 Å². The SMILES string of the molecule is COC(=O)[C@@H](C)Oc1ccc(C)cc1C. The van der Waals surface area contributed by atoms with E-state index in [4.69, 9.17) is 4.74 Å². The lowest BCUT2D eigenvalue weighted by atomic mass is 10.1. The Morgan fingerprint density at radius 1 is 1.33 bits per heavy atom. The van der Waals surface area contributed by atoms with Gasteiger partial charge in [-0.1, -0.05) is 17.7 Å². The van der Waals surface area contributed by atoms with Crippen molar-refractivity contribution in [1.82, 2.24) is 0 Å². The third kappa shape index (κ3) is 2.98. The molecule has 1 rings (SSSR count). The second kappa shape index (κ2) is 4.82. The van der Waals surface area contributed by atoms with Crippen LogP contribution >= 0.6 is 0 Å². The van der Waals surface area contributed by atoms with Crippen molar-refractivity contribution in [3.05, 3.63) is 29.3 Å². The minimum absolute atomic E-state index is 0.366. The standard InChI is InChI=1S/C12H16O3/c1-8-5-6-11(9(2)7-8)15-10(3)12(13)14-4/h5-7,10H,1-4H3/t10-/m1/s1. The second-order valence-electron chi connectivity index (χ2n) is 3.55. The number of aryl methyl sites for hydroxylation is 2. The van der Waals surface area contributed by atoms with Crippen LogP contribution in [0.3, 0.4) is 0 Å². The van der Waals surface area contributed by atoms with Gasteiger partial charge in [-0.3, -0.25) is 0 Å². The molecule has 3 heteroatoms. The number of benzene rings is 1. The van der Waals surface area contributed by atoms with Crippen LogP contribution in [0.1, 0.15) is 18.1 Å². The van der Waals surface area contributed by atoms with Crippen molar-refractivity contribution in [2.45, 2.75) is 26.9 Å². The molecular formula is C12H16O3. The lowest BCUT2D eigenvalue weighted by Crippen LogP contribution is -2.25. The predicted octanol–water partition coefficient (Wildman–Crippen LogP) is 2.24. The summed E-state index contributed by atoms with van der Waals surface area (Å²) in [6.45, 7) is 5.64. The highest BCUT2D eigenvalue weighted by molar-refractivity contribution is 5.74. The fraction of sp³-hybridized carbons (Fsp3) is 0.417. The number of carbonyl (C=O) groups excluding carboxylic acids is 1. The van der Waals surface area contributed by atoms with Gasteiger partial charge in [0.15, 0.2) is 6.10 Å². The van der Waals surface area contributed by atoms with E-state index in [-0.39, 0.29) is 5.97 Å². The summed E-state index contributed by atoms with van der Waals surface area (Å²) in [5.41, 5.74) is 2.19. The summed E-state index contributed by atoms with van der Waals surface area (Å²) < 4.78 is 10.1. The maximum absolute atomic E-state index is 11.1. The fourth-order valence-corrected chi connectivity index (χ4v) is 1.34. The Bertz CT molecular complexity index is 358. The minimum Gasteiger partial charge on any atom is -0.479 e. The topological polar surface area (TPSA) is 35.5 Å². The summed E-state index contributed by atoms with van der Waals surface area (Å²) >= 11 is 0. The quantitative estimate of drug-likeness (QED) is 0.715. The van der Waals surface area contributed by atoms with Gasteiger partial charge in [0.05, 0.1) is 7.11 Å². The Labute approximate surface area is 90.0 Å². The molecule has 82 valence electrons. The molecule has 0 heterocycles. The molecule has 1 aromatic carbocycles. The zero-order valence-corrected chi connectivity index (χ0v) is 9.53. The van der Waals surface area contributed by atoms with Gasteiger partial charge in [0.25, 0.3) is 0 Å². The maximum Gasteiger partial charge on any atom is 0.346 e. The van der Waals surface area contributed by atoms with Gasteiger partial charge in [-0.2, -0.15) is 0 Å². The van der Waals surface area contributed by atoms with E-state index in [1.165, 1.54) is 12.7 Å². The fourth-order valence-electron chi connectivity index (χ4n) is 1.34. The molecule has 0 amide bonds. The Kier molecular flexibility index (Phi) is 3.72. The molecule has 0 saturated heterocycles. The van der Waals surface area contributed by atoms with Crippen LogP contribution in [-0.4, -0.2) is 19.2 Å². The molecule has 1 aromatic rings. The van der Waals surface area contributed by atoms with Gasteiger partial charge in [-0.25, -0.2) is 4.79 Å². The first-order chi connectivity index (χ1) is 7.04. The number of hydrogen-bond donors (Lipinski definition) is 0. The van der Waals surface area contributed by atoms with E-state index in [1.54, 1.807) is 6.92 Å². The number of ether oxygens (including phenoxy) is 2. The van der Waals surface area contributed by atoms with E-state index in [2.05, 4.69) is 4.74 Å². The molecule has 0 aromatic heterocycles. The van der Waals surface area contributed by atoms with Crippen molar-refractivity contribution < 1.29 is 14.3 Å². The normalized spacial score (nSPS) is 12.0. The molecule has 15 heavy (non-hydrogen) atoms. The van der Waals surface area contributed by atoms with Crippen molar-refractivity contribution >= 4 is 5.97 Å². The average Bonchev–Trinajstić information content (AvgIpc) is 2.20. The third-order valence-corrected chi connectivity index (χ3v) is 2.17. The zero-order valence-electron chi connectivity index (χ0n) is 9.53. The van der Waals surface area contributed by atoms with E-state index < -0.39 is 6.10 Å². The van der Waals surface area contributed by atoms with Crippen LogP contribution in [0.15, 0.2) is 18.2 Å². The smallest absolute Gasteiger partial charge is 0.346 e. The molecule has 1 atom stereocenters. The lowest BCUT2D eigenvalue weighted by Gasteiger charge is -2.14. The molecule has 0 aliphatic carbocycles. The van der Waals surface area contributed by atoms with Crippen LogP contribution in [0.4, 0.5) is 0 Å². The summed E-state index contributed by atoms with van der Waals surface area (Å²) in [7, 11) is 1.35. The molecule has 0 aliphatic heterocycles. The predicted molar refractivity (Wildman–Crippen MR) is 58.0 cm³/mol. The van der Waals surface area contributed by atoms with Gasteiger partial charge in [-0.15, -0.1) is 0 Å². The Hall–Kier alpha value is -1.51. The highest BCUT2D eigenvalue weighted by atomic mass is 16.6. The summed E-state index contributed by atoms with van der Waals surface area (Å²) in [5.74, 6) is 0.355. The third-order valence-electron chi connectivity index (χ3n) is 2.17. The first-order valence-corrected chi connectivity index (χ1v) is 4.86. The molecule has 0 N–H and O–H groups in total. The summed E-state index contributed by atoms with van der Waals surface area (Å²) in [6.07, 6.45) is -0.573. The van der Waals surface area contributed by atoms with E-state index in [0.29, 0.717) is 0 Å². The number of methoxy groups -OCH3 is 1. The molecule has 3 nitrogen and oxygen atoms in total. The maximum atomic E-state index is 11.1. The van der Waals surface area contributed by atoms with E-state index >= 15 is 0 Å². The Morgan fingerprint density at radius 3 is 2.53 bits per heavy atom. The summed E-state index contributed by atoms with van der Waals surface area (Å²) in [6, 6.07) is 5.83. The van der Waals surface area contributed by atoms with Crippen LogP contribution < -0.4 is 4.74 Å². The molecule has 0 fully saturated rings. The van der Waals surface area contributed by atoms with Gasteiger partial charge in [0.2, 0.25) is 0 Å². The summed E-state index contributed by atoms with van der Waals surface area (Å²) in [5, 5.41) is 0. The molecule has 0 aliphatic rings. The average molecular weight is 208 g/mol. The molecule has 0 saturated carbocycles. The number of hydrogen-bond acceptors (Lipinski definition) is 3. The first-order valence-electron chi connectivity index (χ1n) is 4.86. The van der Waals surface area contributed by atoms with Gasteiger partial charge >= 0.3 is 5.97 Å². The van der Waals surface area contributed by atoms with E-state index in [0.717, 1.165) is 11.3 Å². The molecule has 0 bridgehead atoms. The van der Waals surface area contributed by atoms with Crippen LogP contribution in [0, 0.1) is 13.8 Å². The van der Waals surface area contributed by atoms with Gasteiger partial charge in [-0.05, 0) is 32.4 Å². The number of carbonyl (C=O) groups is 1. The second-order valence-corrected chi connectivity index (χ2v) is 3.55. The highest BCUT2D eigenvalue weighted by Gasteiger charge is 2.15. The largest absolute Gasteiger partial charge is 0.479 e. The number of rotatable bonds is 3. The first kappa shape index (κ1) is 11.6. The molecule has 0 spiro atoms. The van der Waals surface area contributed by atoms with Crippen LogP contribution in [0.2, 0.25) is 0 Å². The van der Waals surface area contributed by atoms with Crippen LogP contribution in [-0.2, 0) is 9.53 Å². The summed E-state index contributed by atoms with van der Waals surface area (Å²) in [4.78, 5) is 11.1. The molecule has 0 radical (unpaired) electrons. The van der Waals surface area contributed by atoms with Crippen molar-refractivity contribution in [3.8, 4) is 5.75 Å². The molecule has 0 unspecified atom stereocenters. The van der Waals surface area contributed by atoms with Crippen molar-refractivity contribution in [2.24, 2.45) is 0 Å². The van der Waals surface area contributed by atoms with E-state index in [1.807, 2.05) is 32.0 Å². The van der Waals surface area contributed by atoms with Crippen LogP contribution in [0.5, 0.6) is 5.75 Å². The van der Waals surface area contributed by atoms with Crippen LogP contribution in [0.25, 0.3) is 0 Å². The Balaban J connectivity index is 2.76. The van der Waals surface area contributed by atoms with E-state index in [9.17, 15) is 4.79 Å².